The second-order valence-corrected chi connectivity index (χ2v) is 7.43. The van der Waals surface area contributed by atoms with Crippen molar-refractivity contribution in [1.82, 2.24) is 25.2 Å². The van der Waals surface area contributed by atoms with E-state index < -0.39 is 11.6 Å². The van der Waals surface area contributed by atoms with Gasteiger partial charge in [0.15, 0.2) is 0 Å². The topological polar surface area (TPSA) is 111 Å². The molecule has 0 spiro atoms. The van der Waals surface area contributed by atoms with E-state index in [2.05, 4.69) is 20.3 Å². The Kier molecular flexibility index (Phi) is 4.14. The zero-order chi connectivity index (χ0) is 18.3. The van der Waals surface area contributed by atoms with Gasteiger partial charge in [-0.05, 0) is 26.2 Å². The van der Waals surface area contributed by atoms with Crippen LogP contribution >= 0.6 is 0 Å². The SMILES string of the molecule is CC(NC(=O)C1CCC1)C1(O)CCN(C(=O)c2c[nH]c3ncncc23)C1. The fourth-order valence-electron chi connectivity index (χ4n) is 3.69. The summed E-state index contributed by atoms with van der Waals surface area (Å²) in [5.74, 6) is -0.0818. The molecule has 3 heterocycles. The van der Waals surface area contributed by atoms with Gasteiger partial charge in [0.1, 0.15) is 17.6 Å². The van der Waals surface area contributed by atoms with Crippen molar-refractivity contribution in [2.75, 3.05) is 13.1 Å². The van der Waals surface area contributed by atoms with Gasteiger partial charge in [0.2, 0.25) is 5.91 Å². The highest BCUT2D eigenvalue weighted by atomic mass is 16.3. The van der Waals surface area contributed by atoms with Crippen molar-refractivity contribution in [1.29, 1.82) is 0 Å². The Morgan fingerprint density at radius 3 is 3.00 bits per heavy atom. The normalized spacial score (nSPS) is 24.5. The number of fused-ring (bicyclic) bond motifs is 1. The molecule has 8 heteroatoms. The number of H-pyrrole nitrogens is 1. The van der Waals surface area contributed by atoms with E-state index in [1.54, 1.807) is 17.3 Å². The monoisotopic (exact) mass is 357 g/mol. The summed E-state index contributed by atoms with van der Waals surface area (Å²) in [5, 5.41) is 14.6. The lowest BCUT2D eigenvalue weighted by molar-refractivity contribution is -0.130. The standard InChI is InChI=1S/C18H23N5O3/c1-11(22-16(24)12-3-2-4-12)18(26)5-6-23(9-18)17(25)14-8-20-15-13(14)7-19-10-21-15/h7-8,10-12,26H,2-6,9H2,1H3,(H,22,24)(H,19,20,21). The van der Waals surface area contributed by atoms with E-state index in [1.807, 2.05) is 6.92 Å². The van der Waals surface area contributed by atoms with Gasteiger partial charge in [0, 0.05) is 30.2 Å². The number of rotatable bonds is 4. The van der Waals surface area contributed by atoms with Crippen molar-refractivity contribution in [2.45, 2.75) is 44.2 Å². The molecule has 2 aromatic rings. The minimum atomic E-state index is -1.11. The molecule has 2 amide bonds. The third-order valence-corrected chi connectivity index (χ3v) is 5.79. The van der Waals surface area contributed by atoms with E-state index >= 15 is 0 Å². The molecule has 2 aliphatic rings. The summed E-state index contributed by atoms with van der Waals surface area (Å²) in [7, 11) is 0. The molecule has 3 N–H and O–H groups in total. The van der Waals surface area contributed by atoms with Crippen LogP contribution in [-0.4, -0.2) is 61.5 Å². The molecule has 1 saturated heterocycles. The zero-order valence-electron chi connectivity index (χ0n) is 14.7. The molecule has 138 valence electrons. The van der Waals surface area contributed by atoms with Gasteiger partial charge in [-0.3, -0.25) is 9.59 Å². The van der Waals surface area contributed by atoms with Crippen LogP contribution in [0.15, 0.2) is 18.7 Å². The molecule has 26 heavy (non-hydrogen) atoms. The van der Waals surface area contributed by atoms with Crippen LogP contribution in [0, 0.1) is 5.92 Å². The Bertz CT molecular complexity index is 846. The maximum atomic E-state index is 12.9. The number of amides is 2. The number of β-amino-alcohol motifs (C(OH)–C–C–N with tert-alkyl or cyclic N) is 1. The summed E-state index contributed by atoms with van der Waals surface area (Å²) in [4.78, 5) is 37.7. The Morgan fingerprint density at radius 1 is 1.46 bits per heavy atom. The lowest BCUT2D eigenvalue weighted by Crippen LogP contribution is -2.54. The van der Waals surface area contributed by atoms with Crippen molar-refractivity contribution in [3.05, 3.63) is 24.3 Å². The first-order chi connectivity index (χ1) is 12.5. The summed E-state index contributed by atoms with van der Waals surface area (Å²) < 4.78 is 0. The van der Waals surface area contributed by atoms with Crippen LogP contribution in [0.3, 0.4) is 0 Å². The Balaban J connectivity index is 1.45. The molecule has 1 saturated carbocycles. The lowest BCUT2D eigenvalue weighted by Gasteiger charge is -2.33. The number of aromatic amines is 1. The van der Waals surface area contributed by atoms with Gasteiger partial charge in [-0.2, -0.15) is 0 Å². The smallest absolute Gasteiger partial charge is 0.256 e. The molecule has 1 aliphatic carbocycles. The Hall–Kier alpha value is -2.48. The first-order valence-electron chi connectivity index (χ1n) is 9.07. The molecule has 1 aliphatic heterocycles. The molecule has 0 radical (unpaired) electrons. The van der Waals surface area contributed by atoms with E-state index in [0.29, 0.717) is 29.6 Å². The molecule has 2 aromatic heterocycles. The van der Waals surface area contributed by atoms with Crippen LogP contribution in [0.4, 0.5) is 0 Å². The van der Waals surface area contributed by atoms with Crippen molar-refractivity contribution in [2.24, 2.45) is 5.92 Å². The van der Waals surface area contributed by atoms with Crippen LogP contribution in [0.25, 0.3) is 11.0 Å². The van der Waals surface area contributed by atoms with Crippen LogP contribution in [-0.2, 0) is 4.79 Å². The molecule has 2 fully saturated rings. The summed E-state index contributed by atoms with van der Waals surface area (Å²) in [6.45, 7) is 2.45. The first-order valence-corrected chi connectivity index (χ1v) is 9.07. The number of carbonyl (C=O) groups is 2. The highest BCUT2D eigenvalue weighted by Gasteiger charge is 2.44. The quantitative estimate of drug-likeness (QED) is 0.751. The number of likely N-dealkylation sites (tertiary alicyclic amines) is 1. The summed E-state index contributed by atoms with van der Waals surface area (Å²) in [6.07, 6.45) is 8.02. The number of hydrogen-bond donors (Lipinski definition) is 3. The molecular weight excluding hydrogens is 334 g/mol. The summed E-state index contributed by atoms with van der Waals surface area (Å²) in [5.41, 5.74) is -0.00698. The van der Waals surface area contributed by atoms with Gasteiger partial charge >= 0.3 is 0 Å². The predicted molar refractivity (Wildman–Crippen MR) is 94.3 cm³/mol. The zero-order valence-corrected chi connectivity index (χ0v) is 14.7. The molecule has 0 aromatic carbocycles. The number of aromatic nitrogens is 3. The Morgan fingerprint density at radius 2 is 2.27 bits per heavy atom. The van der Waals surface area contributed by atoms with Gasteiger partial charge in [-0.25, -0.2) is 9.97 Å². The van der Waals surface area contributed by atoms with Gasteiger partial charge < -0.3 is 20.3 Å². The third-order valence-electron chi connectivity index (χ3n) is 5.79. The predicted octanol–water partition coefficient (Wildman–Crippen LogP) is 0.840. The van der Waals surface area contributed by atoms with E-state index in [0.717, 1.165) is 19.3 Å². The highest BCUT2D eigenvalue weighted by molar-refractivity contribution is 6.05. The second-order valence-electron chi connectivity index (χ2n) is 7.43. The maximum Gasteiger partial charge on any atom is 0.256 e. The average Bonchev–Trinajstić information content (AvgIpc) is 3.17. The summed E-state index contributed by atoms with van der Waals surface area (Å²) in [6, 6.07) is -0.403. The molecule has 0 bridgehead atoms. The fourth-order valence-corrected chi connectivity index (χ4v) is 3.69. The van der Waals surface area contributed by atoms with Gasteiger partial charge in [0.05, 0.1) is 18.2 Å². The van der Waals surface area contributed by atoms with E-state index in [-0.39, 0.29) is 24.3 Å². The highest BCUT2D eigenvalue weighted by Crippen LogP contribution is 2.30. The molecule has 8 nitrogen and oxygen atoms in total. The van der Waals surface area contributed by atoms with Crippen LogP contribution in [0.1, 0.15) is 43.0 Å². The first kappa shape index (κ1) is 17.0. The van der Waals surface area contributed by atoms with Crippen LogP contribution < -0.4 is 5.32 Å². The third kappa shape index (κ3) is 2.84. The summed E-state index contributed by atoms with van der Waals surface area (Å²) >= 11 is 0. The molecule has 2 atom stereocenters. The van der Waals surface area contributed by atoms with Crippen molar-refractivity contribution >= 4 is 22.8 Å². The maximum absolute atomic E-state index is 12.9. The van der Waals surface area contributed by atoms with Gasteiger partial charge in [-0.15, -0.1) is 0 Å². The van der Waals surface area contributed by atoms with Gasteiger partial charge in [-0.1, -0.05) is 6.42 Å². The van der Waals surface area contributed by atoms with Crippen molar-refractivity contribution in [3.63, 3.8) is 0 Å². The minimum absolute atomic E-state index is 0.00993. The molecular formula is C18H23N5O3. The molecule has 2 unspecified atom stereocenters. The minimum Gasteiger partial charge on any atom is -0.386 e. The average molecular weight is 357 g/mol. The van der Waals surface area contributed by atoms with Crippen LogP contribution in [0.2, 0.25) is 0 Å². The molecule has 4 rings (SSSR count). The number of carbonyl (C=O) groups excluding carboxylic acids is 2. The van der Waals surface area contributed by atoms with E-state index in [9.17, 15) is 14.7 Å². The van der Waals surface area contributed by atoms with Crippen molar-refractivity contribution < 1.29 is 14.7 Å². The number of hydrogen-bond acceptors (Lipinski definition) is 5. The lowest BCUT2D eigenvalue weighted by atomic mass is 9.84. The van der Waals surface area contributed by atoms with E-state index in [1.165, 1.54) is 6.33 Å². The van der Waals surface area contributed by atoms with Gasteiger partial charge in [0.25, 0.3) is 5.91 Å². The number of aliphatic hydroxyl groups is 1. The van der Waals surface area contributed by atoms with E-state index in [4.69, 9.17) is 0 Å². The van der Waals surface area contributed by atoms with Crippen molar-refractivity contribution in [3.8, 4) is 0 Å². The largest absolute Gasteiger partial charge is 0.386 e. The number of nitrogens with zero attached hydrogens (tertiary/aromatic N) is 3. The van der Waals surface area contributed by atoms with Crippen LogP contribution in [0.5, 0.6) is 0 Å². The second kappa shape index (κ2) is 6.35. The fraction of sp³-hybridized carbons (Fsp3) is 0.556. The number of nitrogens with one attached hydrogen (secondary N) is 2. The Labute approximate surface area is 151 Å².